The van der Waals surface area contributed by atoms with Crippen molar-refractivity contribution in [2.24, 2.45) is 0 Å². The van der Waals surface area contributed by atoms with Crippen molar-refractivity contribution in [1.29, 1.82) is 0 Å². The van der Waals surface area contributed by atoms with Gasteiger partial charge in [0, 0.05) is 13.1 Å². The molecule has 0 aliphatic rings. The van der Waals surface area contributed by atoms with Gasteiger partial charge in [-0.2, -0.15) is 0 Å². The van der Waals surface area contributed by atoms with Gasteiger partial charge in [-0.25, -0.2) is 4.79 Å². The van der Waals surface area contributed by atoms with Crippen LogP contribution in [0.1, 0.15) is 27.2 Å². The van der Waals surface area contributed by atoms with Crippen LogP contribution in [0.25, 0.3) is 0 Å². The second-order valence-electron chi connectivity index (χ2n) is 3.34. The summed E-state index contributed by atoms with van der Waals surface area (Å²) in [5.74, 6) is -0.328. The highest BCUT2D eigenvalue weighted by Gasteiger charge is 2.15. The molecule has 0 rings (SSSR count). The van der Waals surface area contributed by atoms with Gasteiger partial charge in [-0.3, -0.25) is 4.79 Å². The predicted octanol–water partition coefficient (Wildman–Crippen LogP) is 1.42. The predicted molar refractivity (Wildman–Crippen MR) is 55.5 cm³/mol. The summed E-state index contributed by atoms with van der Waals surface area (Å²) in [5, 5.41) is 0. The maximum atomic E-state index is 11.4. The molecule has 0 saturated carbocycles. The topological polar surface area (TPSA) is 55.8 Å². The molecule has 0 saturated heterocycles. The van der Waals surface area contributed by atoms with Crippen LogP contribution < -0.4 is 0 Å². The fraction of sp³-hybridized carbons (Fsp3) is 0.800. The average molecular weight is 217 g/mol. The van der Waals surface area contributed by atoms with E-state index >= 15 is 0 Å². The first kappa shape index (κ1) is 13.7. The lowest BCUT2D eigenvalue weighted by atomic mass is 10.4. The molecule has 0 atom stereocenters. The minimum absolute atomic E-state index is 0.148. The van der Waals surface area contributed by atoms with Crippen molar-refractivity contribution in [3.05, 3.63) is 0 Å². The van der Waals surface area contributed by atoms with Crippen LogP contribution in [0.4, 0.5) is 4.79 Å². The Kier molecular flexibility index (Phi) is 6.49. The minimum Gasteiger partial charge on any atom is -0.469 e. The van der Waals surface area contributed by atoms with Gasteiger partial charge in [0.15, 0.2) is 0 Å². The van der Waals surface area contributed by atoms with Crippen LogP contribution in [0.2, 0.25) is 0 Å². The SMILES string of the molecule is CCN(CCC(=O)OC)C(=O)OC(C)C. The summed E-state index contributed by atoms with van der Waals surface area (Å²) in [6, 6.07) is 0. The zero-order valence-corrected chi connectivity index (χ0v) is 9.78. The number of hydrogen-bond donors (Lipinski definition) is 0. The van der Waals surface area contributed by atoms with Gasteiger partial charge in [-0.05, 0) is 20.8 Å². The highest BCUT2D eigenvalue weighted by atomic mass is 16.6. The number of carbonyl (C=O) groups is 2. The van der Waals surface area contributed by atoms with Crippen molar-refractivity contribution in [2.75, 3.05) is 20.2 Å². The molecule has 0 bridgehead atoms. The van der Waals surface area contributed by atoms with Gasteiger partial charge in [-0.15, -0.1) is 0 Å². The first-order chi connectivity index (χ1) is 7.01. The summed E-state index contributed by atoms with van der Waals surface area (Å²) < 4.78 is 9.49. The lowest BCUT2D eigenvalue weighted by Gasteiger charge is -2.21. The van der Waals surface area contributed by atoms with E-state index in [0.717, 1.165) is 0 Å². The molecule has 0 aromatic carbocycles. The van der Waals surface area contributed by atoms with Gasteiger partial charge in [-0.1, -0.05) is 0 Å². The third-order valence-corrected chi connectivity index (χ3v) is 1.79. The van der Waals surface area contributed by atoms with Crippen molar-refractivity contribution in [3.63, 3.8) is 0 Å². The van der Waals surface area contributed by atoms with Crippen molar-refractivity contribution in [2.45, 2.75) is 33.3 Å². The van der Waals surface area contributed by atoms with Crippen LogP contribution in [0.3, 0.4) is 0 Å². The molecule has 15 heavy (non-hydrogen) atoms. The Bertz CT molecular complexity index is 215. The van der Waals surface area contributed by atoms with Crippen LogP contribution in [-0.2, 0) is 14.3 Å². The van der Waals surface area contributed by atoms with E-state index in [2.05, 4.69) is 4.74 Å². The zero-order chi connectivity index (χ0) is 11.8. The number of carbonyl (C=O) groups excluding carboxylic acids is 2. The zero-order valence-electron chi connectivity index (χ0n) is 9.78. The van der Waals surface area contributed by atoms with Crippen molar-refractivity contribution in [1.82, 2.24) is 4.90 Å². The molecule has 0 aliphatic carbocycles. The normalized spacial score (nSPS) is 9.93. The summed E-state index contributed by atoms with van der Waals surface area (Å²) in [6.45, 7) is 6.24. The van der Waals surface area contributed by atoms with E-state index in [0.29, 0.717) is 13.1 Å². The molecule has 0 radical (unpaired) electrons. The third-order valence-electron chi connectivity index (χ3n) is 1.79. The molecule has 0 aromatic rings. The molecule has 0 spiro atoms. The summed E-state index contributed by atoms with van der Waals surface area (Å²) in [5.41, 5.74) is 0. The van der Waals surface area contributed by atoms with E-state index in [1.54, 1.807) is 13.8 Å². The number of methoxy groups -OCH3 is 1. The number of hydrogen-bond acceptors (Lipinski definition) is 4. The standard InChI is InChI=1S/C10H19NO4/c1-5-11(7-6-9(12)14-4)10(13)15-8(2)3/h8H,5-7H2,1-4H3. The van der Waals surface area contributed by atoms with Crippen LogP contribution in [0, 0.1) is 0 Å². The lowest BCUT2D eigenvalue weighted by molar-refractivity contribution is -0.140. The number of ether oxygens (including phenoxy) is 2. The van der Waals surface area contributed by atoms with Gasteiger partial charge >= 0.3 is 12.1 Å². The first-order valence-electron chi connectivity index (χ1n) is 5.03. The van der Waals surface area contributed by atoms with Gasteiger partial charge in [0.25, 0.3) is 0 Å². The van der Waals surface area contributed by atoms with Gasteiger partial charge < -0.3 is 14.4 Å². The summed E-state index contributed by atoms with van der Waals surface area (Å²) in [6.07, 6.45) is -0.349. The Labute approximate surface area is 90.3 Å². The van der Waals surface area contributed by atoms with Crippen LogP contribution in [0.15, 0.2) is 0 Å². The fourth-order valence-corrected chi connectivity index (χ4v) is 0.983. The third kappa shape index (κ3) is 5.93. The summed E-state index contributed by atoms with van der Waals surface area (Å²) in [7, 11) is 1.32. The maximum Gasteiger partial charge on any atom is 0.410 e. The fourth-order valence-electron chi connectivity index (χ4n) is 0.983. The molecular formula is C10H19NO4. The number of esters is 1. The van der Waals surface area contributed by atoms with Crippen molar-refractivity contribution in [3.8, 4) is 0 Å². The molecule has 0 fully saturated rings. The molecule has 88 valence electrons. The van der Waals surface area contributed by atoms with Crippen LogP contribution in [0.5, 0.6) is 0 Å². The van der Waals surface area contributed by atoms with E-state index in [4.69, 9.17) is 4.74 Å². The molecule has 5 heteroatoms. The quantitative estimate of drug-likeness (QED) is 0.653. The molecule has 0 unspecified atom stereocenters. The molecule has 0 heterocycles. The lowest BCUT2D eigenvalue weighted by Crippen LogP contribution is -2.34. The smallest absolute Gasteiger partial charge is 0.410 e. The Morgan fingerprint density at radius 2 is 1.93 bits per heavy atom. The molecule has 0 aliphatic heterocycles. The van der Waals surface area contributed by atoms with E-state index in [1.165, 1.54) is 12.0 Å². The Balaban J connectivity index is 4.01. The Hall–Kier alpha value is -1.26. The Morgan fingerprint density at radius 3 is 2.33 bits per heavy atom. The number of nitrogens with zero attached hydrogens (tertiary/aromatic N) is 1. The summed E-state index contributed by atoms with van der Waals surface area (Å²) in [4.78, 5) is 23.8. The average Bonchev–Trinajstić information content (AvgIpc) is 2.17. The van der Waals surface area contributed by atoms with E-state index in [9.17, 15) is 9.59 Å². The molecule has 5 nitrogen and oxygen atoms in total. The molecule has 0 aromatic heterocycles. The van der Waals surface area contributed by atoms with Gasteiger partial charge in [0.05, 0.1) is 19.6 Å². The van der Waals surface area contributed by atoms with Gasteiger partial charge in [0.1, 0.15) is 0 Å². The molecular weight excluding hydrogens is 198 g/mol. The van der Waals surface area contributed by atoms with Crippen LogP contribution >= 0.6 is 0 Å². The van der Waals surface area contributed by atoms with Crippen molar-refractivity contribution >= 4 is 12.1 Å². The minimum atomic E-state index is -0.392. The van der Waals surface area contributed by atoms with E-state index in [1.807, 2.05) is 6.92 Å². The van der Waals surface area contributed by atoms with Crippen molar-refractivity contribution < 1.29 is 19.1 Å². The highest BCUT2D eigenvalue weighted by Crippen LogP contribution is 2.00. The highest BCUT2D eigenvalue weighted by molar-refractivity contribution is 5.71. The summed E-state index contributed by atoms with van der Waals surface area (Å²) >= 11 is 0. The second-order valence-corrected chi connectivity index (χ2v) is 3.34. The second kappa shape index (κ2) is 7.09. The maximum absolute atomic E-state index is 11.4. The van der Waals surface area contributed by atoms with Gasteiger partial charge in [0.2, 0.25) is 0 Å². The van der Waals surface area contributed by atoms with E-state index in [-0.39, 0.29) is 18.5 Å². The number of rotatable bonds is 5. The van der Waals surface area contributed by atoms with Crippen LogP contribution in [-0.4, -0.2) is 43.3 Å². The number of amides is 1. The Morgan fingerprint density at radius 1 is 1.33 bits per heavy atom. The monoisotopic (exact) mass is 217 g/mol. The first-order valence-corrected chi connectivity index (χ1v) is 5.03. The van der Waals surface area contributed by atoms with E-state index < -0.39 is 6.09 Å². The molecule has 1 amide bonds. The largest absolute Gasteiger partial charge is 0.469 e. The molecule has 0 N–H and O–H groups in total.